The van der Waals surface area contributed by atoms with Gasteiger partial charge in [0.05, 0.1) is 17.3 Å². The Morgan fingerprint density at radius 2 is 1.90 bits per heavy atom. The maximum Gasteiger partial charge on any atom is 0.267 e. The number of fused-ring (bicyclic) bond motifs is 1. The van der Waals surface area contributed by atoms with Crippen molar-refractivity contribution in [3.63, 3.8) is 0 Å². The molecule has 0 radical (unpaired) electrons. The molecule has 0 fully saturated rings. The molecule has 29 heavy (non-hydrogen) atoms. The van der Waals surface area contributed by atoms with E-state index in [2.05, 4.69) is 9.97 Å². The summed E-state index contributed by atoms with van der Waals surface area (Å²) in [5, 5.41) is 8.47. The van der Waals surface area contributed by atoms with Gasteiger partial charge in [-0.15, -0.1) is 0 Å². The molecule has 0 aliphatic rings. The summed E-state index contributed by atoms with van der Waals surface area (Å²) >= 11 is 0. The topological polar surface area (TPSA) is 141 Å². The van der Waals surface area contributed by atoms with Crippen LogP contribution in [0.25, 0.3) is 17.1 Å². The van der Waals surface area contributed by atoms with Crippen molar-refractivity contribution in [2.75, 3.05) is 6.26 Å². The summed E-state index contributed by atoms with van der Waals surface area (Å²) in [4.78, 5) is 30.6. The van der Waals surface area contributed by atoms with Crippen molar-refractivity contribution in [1.82, 2.24) is 20.2 Å². The Balaban J connectivity index is 1.74. The van der Waals surface area contributed by atoms with Crippen molar-refractivity contribution in [2.24, 2.45) is 0 Å². The highest BCUT2D eigenvalue weighted by Gasteiger charge is 2.13. The van der Waals surface area contributed by atoms with E-state index >= 15 is 0 Å². The monoisotopic (exact) mass is 414 g/mol. The molecule has 9 nitrogen and oxygen atoms in total. The average Bonchev–Trinajstić information content (AvgIpc) is 3.07. The highest BCUT2D eigenvalue weighted by atomic mass is 32.2. The van der Waals surface area contributed by atoms with E-state index < -0.39 is 21.8 Å². The number of rotatable bonds is 6. The predicted octanol–water partition coefficient (Wildman–Crippen LogP) is 1.36. The molecule has 1 aromatic heterocycles. The first kappa shape index (κ1) is 20.2. The van der Waals surface area contributed by atoms with Crippen LogP contribution in [0.15, 0.2) is 48.5 Å². The summed E-state index contributed by atoms with van der Waals surface area (Å²) in [7, 11) is -3.64. The van der Waals surface area contributed by atoms with Crippen molar-refractivity contribution in [3.8, 4) is 0 Å². The number of imidazole rings is 1. The number of carbonyl (C=O) groups is 2. The summed E-state index contributed by atoms with van der Waals surface area (Å²) in [5.41, 5.74) is 4.78. The van der Waals surface area contributed by atoms with Gasteiger partial charge in [-0.25, -0.2) is 23.6 Å². The van der Waals surface area contributed by atoms with Crippen LogP contribution in [0.2, 0.25) is 0 Å². The maximum absolute atomic E-state index is 12.0. The first-order chi connectivity index (χ1) is 13.7. The van der Waals surface area contributed by atoms with Crippen LogP contribution in [0.3, 0.4) is 0 Å². The lowest BCUT2D eigenvalue weighted by atomic mass is 10.1. The molecule has 1 heterocycles. The highest BCUT2D eigenvalue weighted by molar-refractivity contribution is 7.89. The Morgan fingerprint density at radius 1 is 1.17 bits per heavy atom. The van der Waals surface area contributed by atoms with E-state index in [0.717, 1.165) is 17.4 Å². The number of nitrogens with one attached hydrogen (secondary N) is 3. The van der Waals surface area contributed by atoms with Gasteiger partial charge in [-0.2, -0.15) is 0 Å². The third-order valence-corrected chi connectivity index (χ3v) is 4.52. The fraction of sp³-hybridized carbons (Fsp3) is 0.105. The molecule has 10 heteroatoms. The van der Waals surface area contributed by atoms with Crippen molar-refractivity contribution >= 4 is 38.9 Å². The number of hydrogen-bond acceptors (Lipinski definition) is 6. The molecule has 0 bridgehead atoms. The van der Waals surface area contributed by atoms with Gasteiger partial charge in [0, 0.05) is 18.1 Å². The lowest BCUT2D eigenvalue weighted by Crippen LogP contribution is -2.29. The number of nitrogens with zero attached hydrogens (tertiary/aromatic N) is 1. The zero-order valence-electron chi connectivity index (χ0n) is 15.3. The Morgan fingerprint density at radius 3 is 2.55 bits per heavy atom. The van der Waals surface area contributed by atoms with E-state index in [-0.39, 0.29) is 5.56 Å². The van der Waals surface area contributed by atoms with Crippen molar-refractivity contribution in [1.29, 1.82) is 0 Å². The molecule has 2 aromatic carbocycles. The molecule has 0 atom stereocenters. The van der Waals surface area contributed by atoms with Gasteiger partial charge in [-0.05, 0) is 35.4 Å². The Kier molecular flexibility index (Phi) is 5.76. The number of benzene rings is 2. The minimum atomic E-state index is -3.64. The minimum Gasteiger partial charge on any atom is -0.342 e. The number of hydrogen-bond donors (Lipinski definition) is 4. The van der Waals surface area contributed by atoms with Gasteiger partial charge in [-0.3, -0.25) is 14.8 Å². The zero-order chi connectivity index (χ0) is 21.0. The molecule has 2 amide bonds. The SMILES string of the molecule is CS(=O)(=O)NC(=O)c1ccc2nc(Cc3ccc(C=CC(=O)NO)cc3)[nH]c2c1. The number of H-pyrrole nitrogens is 1. The van der Waals surface area contributed by atoms with Crippen LogP contribution in [0.5, 0.6) is 0 Å². The average molecular weight is 414 g/mol. The third kappa shape index (κ3) is 5.50. The second kappa shape index (κ2) is 8.25. The molecular weight excluding hydrogens is 396 g/mol. The van der Waals surface area contributed by atoms with E-state index in [0.29, 0.717) is 23.3 Å². The summed E-state index contributed by atoms with van der Waals surface area (Å²) in [6, 6.07) is 12.1. The zero-order valence-corrected chi connectivity index (χ0v) is 16.2. The third-order valence-electron chi connectivity index (χ3n) is 3.96. The molecule has 4 N–H and O–H groups in total. The van der Waals surface area contributed by atoms with E-state index in [4.69, 9.17) is 5.21 Å². The summed E-state index contributed by atoms with van der Waals surface area (Å²) in [6.07, 6.45) is 4.21. The highest BCUT2D eigenvalue weighted by Crippen LogP contribution is 2.17. The van der Waals surface area contributed by atoms with E-state index in [9.17, 15) is 18.0 Å². The van der Waals surface area contributed by atoms with Gasteiger partial charge in [0.2, 0.25) is 10.0 Å². The molecular formula is C19H18N4O5S. The van der Waals surface area contributed by atoms with Crippen LogP contribution in [0.4, 0.5) is 0 Å². The van der Waals surface area contributed by atoms with E-state index in [1.165, 1.54) is 17.6 Å². The number of amides is 2. The summed E-state index contributed by atoms with van der Waals surface area (Å²) < 4.78 is 24.4. The second-order valence-electron chi connectivity index (χ2n) is 6.35. The van der Waals surface area contributed by atoms with Gasteiger partial charge >= 0.3 is 0 Å². The Bertz CT molecular complexity index is 1200. The predicted molar refractivity (Wildman–Crippen MR) is 107 cm³/mol. The van der Waals surface area contributed by atoms with Crippen LogP contribution < -0.4 is 10.2 Å². The normalized spacial score (nSPS) is 11.7. The number of carbonyl (C=O) groups excluding carboxylic acids is 2. The molecule has 0 unspecified atom stereocenters. The lowest BCUT2D eigenvalue weighted by molar-refractivity contribution is -0.124. The largest absolute Gasteiger partial charge is 0.342 e. The van der Waals surface area contributed by atoms with Crippen LogP contribution in [-0.2, 0) is 21.2 Å². The first-order valence-electron chi connectivity index (χ1n) is 8.45. The molecule has 150 valence electrons. The summed E-state index contributed by atoms with van der Waals surface area (Å²) in [6.45, 7) is 0. The van der Waals surface area contributed by atoms with Crippen LogP contribution >= 0.6 is 0 Å². The van der Waals surface area contributed by atoms with Gasteiger partial charge in [0.25, 0.3) is 11.8 Å². The van der Waals surface area contributed by atoms with Crippen molar-refractivity contribution < 1.29 is 23.2 Å². The van der Waals surface area contributed by atoms with E-state index in [1.54, 1.807) is 18.2 Å². The maximum atomic E-state index is 12.0. The molecule has 0 saturated carbocycles. The smallest absolute Gasteiger partial charge is 0.267 e. The van der Waals surface area contributed by atoms with Gasteiger partial charge < -0.3 is 4.98 Å². The number of sulfonamides is 1. The van der Waals surface area contributed by atoms with Crippen LogP contribution in [0, 0.1) is 0 Å². The lowest BCUT2D eigenvalue weighted by Gasteiger charge is -2.02. The number of aromatic nitrogens is 2. The molecule has 3 aromatic rings. The van der Waals surface area contributed by atoms with Crippen LogP contribution in [-0.4, -0.2) is 41.7 Å². The van der Waals surface area contributed by atoms with E-state index in [1.807, 2.05) is 29.0 Å². The van der Waals surface area contributed by atoms with Gasteiger partial charge in [0.1, 0.15) is 5.82 Å². The van der Waals surface area contributed by atoms with Gasteiger partial charge in [0.15, 0.2) is 0 Å². The first-order valence-corrected chi connectivity index (χ1v) is 10.3. The van der Waals surface area contributed by atoms with Crippen molar-refractivity contribution in [2.45, 2.75) is 6.42 Å². The summed E-state index contributed by atoms with van der Waals surface area (Å²) in [5.74, 6) is -0.631. The standard InChI is InChI=1S/C19H18N4O5S/c1-29(27,28)23-19(25)14-7-8-15-16(11-14)21-17(20-15)10-13-4-2-12(3-5-13)6-9-18(24)22-26/h2-9,11,26H,10H2,1H3,(H,20,21)(H,22,24)(H,23,25). The fourth-order valence-corrected chi connectivity index (χ4v) is 3.12. The minimum absolute atomic E-state index is 0.209. The molecule has 0 spiro atoms. The molecule has 0 aliphatic heterocycles. The molecule has 0 saturated heterocycles. The van der Waals surface area contributed by atoms with Gasteiger partial charge in [-0.1, -0.05) is 24.3 Å². The number of aromatic amines is 1. The number of hydroxylamine groups is 1. The second-order valence-corrected chi connectivity index (χ2v) is 8.09. The molecule has 3 rings (SSSR count). The Labute approximate surface area is 166 Å². The van der Waals surface area contributed by atoms with Crippen molar-refractivity contribution in [3.05, 3.63) is 71.1 Å². The molecule has 0 aliphatic carbocycles. The fourth-order valence-electron chi connectivity index (χ4n) is 2.66. The Hall–Kier alpha value is -3.50. The van der Waals surface area contributed by atoms with Crippen LogP contribution in [0.1, 0.15) is 27.3 Å². The quantitative estimate of drug-likeness (QED) is 0.273.